The number of hydrogen-bond donors (Lipinski definition) is 0. The van der Waals surface area contributed by atoms with E-state index in [-0.39, 0.29) is 0 Å². The fraction of sp³-hybridized carbons (Fsp3) is 1.00. The van der Waals surface area contributed by atoms with Crippen LogP contribution < -0.4 is 42.4 Å². The summed E-state index contributed by atoms with van der Waals surface area (Å²) in [6, 6.07) is 0. The van der Waals surface area contributed by atoms with Gasteiger partial charge in [-0.15, -0.1) is 0 Å². The molecule has 2 atom stereocenters. The summed E-state index contributed by atoms with van der Waals surface area (Å²) >= 11 is 1.60. The summed E-state index contributed by atoms with van der Waals surface area (Å²) < 4.78 is 6.18. The Bertz CT molecular complexity index is 63.9. The fourth-order valence-corrected chi connectivity index (χ4v) is 13.0. The molecular formula is C4H6I2-2. The molecule has 2 rings (SSSR count). The van der Waals surface area contributed by atoms with E-state index < -0.39 is 0 Å². The molecule has 0 bridgehead atoms. The van der Waals surface area contributed by atoms with Crippen molar-refractivity contribution in [3.63, 3.8) is 0 Å². The average molecular weight is 308 g/mol. The zero-order valence-corrected chi connectivity index (χ0v) is 7.64. The van der Waals surface area contributed by atoms with Gasteiger partial charge in [-0.2, -0.15) is 0 Å². The monoisotopic (exact) mass is 308 g/mol. The number of alkyl halides is 4. The summed E-state index contributed by atoms with van der Waals surface area (Å²) in [5.74, 6) is 0. The Kier molecular flexibility index (Phi) is 1.06. The van der Waals surface area contributed by atoms with Gasteiger partial charge in [0.25, 0.3) is 0 Å². The van der Waals surface area contributed by atoms with Crippen molar-refractivity contribution < 1.29 is 42.4 Å². The van der Waals surface area contributed by atoms with Crippen molar-refractivity contribution in [3.05, 3.63) is 0 Å². The van der Waals surface area contributed by atoms with Gasteiger partial charge in [-0.25, -0.2) is 0 Å². The molecule has 2 saturated heterocycles. The van der Waals surface area contributed by atoms with Gasteiger partial charge in [0.05, 0.1) is 0 Å². The summed E-state index contributed by atoms with van der Waals surface area (Å²) in [5, 5.41) is 0. The van der Waals surface area contributed by atoms with Crippen molar-refractivity contribution in [1.82, 2.24) is 0 Å². The minimum atomic E-state index is 0.779. The second-order valence-corrected chi connectivity index (χ2v) is 8.41. The van der Waals surface area contributed by atoms with E-state index in [0.717, 1.165) is 42.4 Å². The van der Waals surface area contributed by atoms with Crippen LogP contribution in [0.3, 0.4) is 0 Å². The van der Waals surface area contributed by atoms with Gasteiger partial charge in [-0.05, 0) is 0 Å². The zero-order valence-electron chi connectivity index (χ0n) is 3.32. The van der Waals surface area contributed by atoms with Gasteiger partial charge in [0.2, 0.25) is 0 Å². The molecule has 38 valence electrons. The summed E-state index contributed by atoms with van der Waals surface area (Å²) in [5.41, 5.74) is 0. The number of halogens is 2. The van der Waals surface area contributed by atoms with Crippen molar-refractivity contribution in [3.8, 4) is 0 Å². The average Bonchev–Trinajstić information content (AvgIpc) is 2.17. The number of fused-ring (bicyclic) bond motifs is 1. The second-order valence-electron chi connectivity index (χ2n) is 1.66. The molecule has 0 N–H and O–H groups in total. The molecular weight excluding hydrogens is 302 g/mol. The third kappa shape index (κ3) is 0.599. The third-order valence-corrected chi connectivity index (χ3v) is 11.3. The van der Waals surface area contributed by atoms with Crippen LogP contribution in [0.15, 0.2) is 0 Å². The molecule has 0 aliphatic carbocycles. The topological polar surface area (TPSA) is 0 Å². The summed E-state index contributed by atoms with van der Waals surface area (Å²) in [6.07, 6.45) is 0. The molecule has 0 radical (unpaired) electrons. The van der Waals surface area contributed by atoms with Crippen molar-refractivity contribution in [2.75, 3.05) is 8.86 Å². The van der Waals surface area contributed by atoms with Crippen LogP contribution in [0.4, 0.5) is 0 Å². The Hall–Kier alpha value is 1.46. The Balaban J connectivity index is 2.09. The van der Waals surface area contributed by atoms with Crippen LogP contribution in [0.1, 0.15) is 0 Å². The van der Waals surface area contributed by atoms with Crippen LogP contribution in [-0.2, 0) is 0 Å². The molecule has 2 unspecified atom stereocenters. The number of rotatable bonds is 0. The van der Waals surface area contributed by atoms with Crippen LogP contribution >= 0.6 is 0 Å². The van der Waals surface area contributed by atoms with Crippen molar-refractivity contribution in [2.45, 2.75) is 7.85 Å². The Morgan fingerprint density at radius 3 is 2.00 bits per heavy atom. The normalized spacial score (nSPS) is 54.7. The van der Waals surface area contributed by atoms with Crippen LogP contribution in [0, 0.1) is 0 Å². The van der Waals surface area contributed by atoms with Crippen molar-refractivity contribution in [2.24, 2.45) is 0 Å². The molecule has 2 aliphatic heterocycles. The molecule has 0 nitrogen and oxygen atoms in total. The standard InChI is InChI=1S/C4H6I2/c1-3-4(6-3)2-5-1/h3-4H,1-2H2/q-2. The molecule has 2 aliphatic rings. The Labute approximate surface area is 58.6 Å². The second kappa shape index (κ2) is 1.47. The first-order valence-electron chi connectivity index (χ1n) is 2.12. The van der Waals surface area contributed by atoms with E-state index in [1.54, 1.807) is 8.86 Å². The Morgan fingerprint density at radius 1 is 1.17 bits per heavy atom. The summed E-state index contributed by atoms with van der Waals surface area (Å²) in [4.78, 5) is 0. The molecule has 0 aromatic heterocycles. The minimum absolute atomic E-state index is 0.779. The van der Waals surface area contributed by atoms with Crippen LogP contribution in [-0.4, -0.2) is 16.7 Å². The first kappa shape index (κ1) is 4.35. The number of hydrogen-bond acceptors (Lipinski definition) is 0. The molecule has 2 fully saturated rings. The summed E-state index contributed by atoms with van der Waals surface area (Å²) in [6.45, 7) is 0. The van der Waals surface area contributed by atoms with E-state index in [1.807, 2.05) is 0 Å². The molecule has 2 heteroatoms. The maximum absolute atomic E-state index is 1.72. The molecule has 0 saturated carbocycles. The van der Waals surface area contributed by atoms with E-state index in [0.29, 0.717) is 0 Å². The molecule has 0 amide bonds. The summed E-state index contributed by atoms with van der Waals surface area (Å²) in [7, 11) is 0. The van der Waals surface area contributed by atoms with Crippen LogP contribution in [0.25, 0.3) is 0 Å². The maximum atomic E-state index is 1.72. The predicted octanol–water partition coefficient (Wildman–Crippen LogP) is -6.07. The van der Waals surface area contributed by atoms with E-state index >= 15 is 0 Å². The van der Waals surface area contributed by atoms with Gasteiger partial charge in [0, 0.05) is 0 Å². The quantitative estimate of drug-likeness (QED) is 0.309. The van der Waals surface area contributed by atoms with Gasteiger partial charge in [-0.1, -0.05) is 0 Å². The van der Waals surface area contributed by atoms with Gasteiger partial charge in [-0.3, -0.25) is 0 Å². The fourth-order valence-electron chi connectivity index (χ4n) is 0.698. The first-order valence-corrected chi connectivity index (χ1v) is 7.66. The van der Waals surface area contributed by atoms with Crippen LogP contribution in [0.2, 0.25) is 0 Å². The van der Waals surface area contributed by atoms with Gasteiger partial charge in [0.15, 0.2) is 0 Å². The first-order chi connectivity index (χ1) is 2.97. The van der Waals surface area contributed by atoms with Crippen LogP contribution in [0.5, 0.6) is 0 Å². The molecule has 2 heterocycles. The van der Waals surface area contributed by atoms with E-state index in [1.165, 1.54) is 7.85 Å². The Morgan fingerprint density at radius 2 is 1.83 bits per heavy atom. The molecule has 0 aromatic rings. The SMILES string of the molecule is C1[I-]CC2[I-]C12. The zero-order chi connectivity index (χ0) is 3.98. The molecule has 0 spiro atoms. The van der Waals surface area contributed by atoms with Crippen molar-refractivity contribution in [1.29, 1.82) is 0 Å². The third-order valence-electron chi connectivity index (χ3n) is 1.16. The predicted molar refractivity (Wildman–Crippen MR) is 17.3 cm³/mol. The molecule has 6 heavy (non-hydrogen) atoms. The van der Waals surface area contributed by atoms with E-state index in [9.17, 15) is 0 Å². The van der Waals surface area contributed by atoms with Gasteiger partial charge < -0.3 is 0 Å². The molecule has 0 aromatic carbocycles. The van der Waals surface area contributed by atoms with Gasteiger partial charge >= 0.3 is 59.1 Å². The van der Waals surface area contributed by atoms with E-state index in [2.05, 4.69) is 0 Å². The van der Waals surface area contributed by atoms with Gasteiger partial charge in [0.1, 0.15) is 0 Å². The van der Waals surface area contributed by atoms with E-state index in [4.69, 9.17) is 0 Å². The van der Waals surface area contributed by atoms with Crippen molar-refractivity contribution >= 4 is 0 Å².